The summed E-state index contributed by atoms with van der Waals surface area (Å²) in [7, 11) is 2.04. The zero-order valence-electron chi connectivity index (χ0n) is 13.3. The van der Waals surface area contributed by atoms with Crippen LogP contribution in [0.5, 0.6) is 0 Å². The lowest BCUT2D eigenvalue weighted by atomic mass is 9.92. The van der Waals surface area contributed by atoms with E-state index < -0.39 is 0 Å². The van der Waals surface area contributed by atoms with Crippen LogP contribution in [0.4, 0.5) is 0 Å². The van der Waals surface area contributed by atoms with Gasteiger partial charge in [0.05, 0.1) is 15.9 Å². The highest BCUT2D eigenvalue weighted by Gasteiger charge is 2.34. The second-order valence-corrected chi connectivity index (χ2v) is 7.02. The van der Waals surface area contributed by atoms with Crippen molar-refractivity contribution in [1.29, 1.82) is 0 Å². The number of nitrogens with zero attached hydrogens (tertiary/aromatic N) is 3. The van der Waals surface area contributed by atoms with E-state index in [0.717, 1.165) is 36.2 Å². The first-order valence-electron chi connectivity index (χ1n) is 7.57. The Balaban J connectivity index is 2.20. The van der Waals surface area contributed by atoms with E-state index >= 15 is 0 Å². The summed E-state index contributed by atoms with van der Waals surface area (Å²) in [6, 6.07) is 0.608. The Kier molecular flexibility index (Phi) is 4.92. The molecule has 0 bridgehead atoms. The third kappa shape index (κ3) is 3.10. The Bertz CT molecular complexity index is 471. The highest BCUT2D eigenvalue weighted by Crippen LogP contribution is 2.26. The molecule has 114 valence electrons. The summed E-state index contributed by atoms with van der Waals surface area (Å²) in [6.07, 6.45) is 2.34. The summed E-state index contributed by atoms with van der Waals surface area (Å²) in [5, 5.41) is 8.23. The van der Waals surface area contributed by atoms with Crippen LogP contribution in [0.1, 0.15) is 45.0 Å². The van der Waals surface area contributed by atoms with Gasteiger partial charge in [-0.1, -0.05) is 13.8 Å². The van der Waals surface area contributed by atoms with Gasteiger partial charge >= 0.3 is 0 Å². The van der Waals surface area contributed by atoms with Crippen molar-refractivity contribution in [3.8, 4) is 0 Å². The predicted molar refractivity (Wildman–Crippen MR) is 86.8 cm³/mol. The summed E-state index contributed by atoms with van der Waals surface area (Å²) in [4.78, 5) is 2.61. The Morgan fingerprint density at radius 3 is 2.65 bits per heavy atom. The second-order valence-electron chi connectivity index (χ2n) is 6.23. The molecule has 1 N–H and O–H groups in total. The molecule has 1 aromatic rings. The fourth-order valence-electron chi connectivity index (χ4n) is 3.00. The maximum atomic E-state index is 4.51. The van der Waals surface area contributed by atoms with Crippen molar-refractivity contribution >= 4 is 15.9 Å². The molecule has 1 aliphatic rings. The molecule has 0 amide bonds. The monoisotopic (exact) mass is 342 g/mol. The van der Waals surface area contributed by atoms with E-state index in [2.05, 4.69) is 58.9 Å². The van der Waals surface area contributed by atoms with E-state index in [1.165, 1.54) is 12.1 Å². The molecule has 5 heteroatoms. The Hall–Kier alpha value is -0.390. The average Bonchev–Trinajstić information content (AvgIpc) is 2.66. The molecule has 0 aliphatic carbocycles. The van der Waals surface area contributed by atoms with Gasteiger partial charge in [-0.2, -0.15) is 5.10 Å². The van der Waals surface area contributed by atoms with E-state index in [-0.39, 0.29) is 5.54 Å². The molecule has 2 rings (SSSR count). The van der Waals surface area contributed by atoms with Gasteiger partial charge in [0, 0.05) is 38.3 Å². The summed E-state index contributed by atoms with van der Waals surface area (Å²) in [5.74, 6) is 0. The van der Waals surface area contributed by atoms with Gasteiger partial charge in [-0.25, -0.2) is 0 Å². The number of hydrogen-bond donors (Lipinski definition) is 1. The largest absolute Gasteiger partial charge is 0.309 e. The molecule has 1 fully saturated rings. The van der Waals surface area contributed by atoms with E-state index in [9.17, 15) is 0 Å². The summed E-state index contributed by atoms with van der Waals surface area (Å²) < 4.78 is 3.17. The van der Waals surface area contributed by atoms with Crippen molar-refractivity contribution in [3.05, 3.63) is 15.9 Å². The van der Waals surface area contributed by atoms with Gasteiger partial charge in [0.1, 0.15) is 0 Å². The van der Waals surface area contributed by atoms with Crippen LogP contribution < -0.4 is 5.32 Å². The van der Waals surface area contributed by atoms with Crippen molar-refractivity contribution in [2.75, 3.05) is 13.1 Å². The summed E-state index contributed by atoms with van der Waals surface area (Å²) in [5.41, 5.74) is 2.58. The normalized spacial score (nSPS) is 28.0. The molecule has 0 aromatic carbocycles. The number of rotatable bonds is 4. The van der Waals surface area contributed by atoms with E-state index in [0.29, 0.717) is 6.04 Å². The van der Waals surface area contributed by atoms with E-state index in [1.54, 1.807) is 0 Å². The van der Waals surface area contributed by atoms with Gasteiger partial charge < -0.3 is 5.32 Å². The van der Waals surface area contributed by atoms with Gasteiger partial charge in [-0.15, -0.1) is 0 Å². The van der Waals surface area contributed by atoms with Crippen molar-refractivity contribution in [2.45, 2.75) is 58.7 Å². The van der Waals surface area contributed by atoms with Gasteiger partial charge in [0.25, 0.3) is 0 Å². The fraction of sp³-hybridized carbons (Fsp3) is 0.800. The highest BCUT2D eigenvalue weighted by atomic mass is 79.9. The lowest BCUT2D eigenvalue weighted by Gasteiger charge is -2.46. The van der Waals surface area contributed by atoms with Crippen molar-refractivity contribution in [2.24, 2.45) is 7.05 Å². The number of hydrogen-bond acceptors (Lipinski definition) is 3. The minimum Gasteiger partial charge on any atom is -0.309 e. The van der Waals surface area contributed by atoms with E-state index in [4.69, 9.17) is 0 Å². The maximum absolute atomic E-state index is 4.51. The number of piperazine rings is 1. The fourth-order valence-corrected chi connectivity index (χ4v) is 3.46. The lowest BCUT2D eigenvalue weighted by Crippen LogP contribution is -2.62. The molecule has 2 heterocycles. The Labute approximate surface area is 131 Å². The van der Waals surface area contributed by atoms with E-state index in [1.807, 2.05) is 11.7 Å². The van der Waals surface area contributed by atoms with Gasteiger partial charge in [0.2, 0.25) is 0 Å². The standard InChI is InChI=1S/C15H27BrN4/c1-6-12-8-17-15(4,7-2)10-20(12)9-13-14(16)11(3)18-19(13)5/h12,17H,6-10H2,1-5H3. The van der Waals surface area contributed by atoms with Crippen LogP contribution in [-0.4, -0.2) is 39.4 Å². The van der Waals surface area contributed by atoms with Crippen LogP contribution in [0.25, 0.3) is 0 Å². The Morgan fingerprint density at radius 2 is 2.15 bits per heavy atom. The molecule has 0 saturated carbocycles. The molecule has 1 aromatic heterocycles. The number of nitrogens with one attached hydrogen (secondary N) is 1. The molecule has 2 atom stereocenters. The van der Waals surface area contributed by atoms with Crippen molar-refractivity contribution < 1.29 is 0 Å². The first-order chi connectivity index (χ1) is 9.40. The van der Waals surface area contributed by atoms with Crippen LogP contribution in [0.2, 0.25) is 0 Å². The number of aryl methyl sites for hydroxylation is 2. The molecule has 0 radical (unpaired) electrons. The van der Waals surface area contributed by atoms with Crippen LogP contribution >= 0.6 is 15.9 Å². The molecule has 4 nitrogen and oxygen atoms in total. The predicted octanol–water partition coefficient (Wildman–Crippen LogP) is 2.84. The first kappa shape index (κ1) is 16.0. The lowest BCUT2D eigenvalue weighted by molar-refractivity contribution is 0.0732. The smallest absolute Gasteiger partial charge is 0.0739 e. The minimum absolute atomic E-state index is 0.228. The molecular weight excluding hydrogens is 316 g/mol. The molecule has 20 heavy (non-hydrogen) atoms. The zero-order valence-corrected chi connectivity index (χ0v) is 14.9. The van der Waals surface area contributed by atoms with Gasteiger partial charge in [-0.3, -0.25) is 9.58 Å². The van der Waals surface area contributed by atoms with Crippen molar-refractivity contribution in [1.82, 2.24) is 20.0 Å². The molecule has 1 aliphatic heterocycles. The quantitative estimate of drug-likeness (QED) is 0.913. The third-order valence-electron chi connectivity index (χ3n) is 4.70. The topological polar surface area (TPSA) is 33.1 Å². The number of halogens is 1. The third-order valence-corrected chi connectivity index (χ3v) is 5.73. The maximum Gasteiger partial charge on any atom is 0.0739 e. The molecular formula is C15H27BrN4. The minimum atomic E-state index is 0.228. The SMILES string of the molecule is CCC1CNC(C)(CC)CN1Cc1c(Br)c(C)nn1C. The van der Waals surface area contributed by atoms with Crippen molar-refractivity contribution in [3.63, 3.8) is 0 Å². The van der Waals surface area contributed by atoms with Crippen LogP contribution in [0, 0.1) is 6.92 Å². The van der Waals surface area contributed by atoms with Crippen LogP contribution in [0.3, 0.4) is 0 Å². The number of aromatic nitrogens is 2. The second kappa shape index (κ2) is 6.16. The van der Waals surface area contributed by atoms with Gasteiger partial charge in [0.15, 0.2) is 0 Å². The first-order valence-corrected chi connectivity index (χ1v) is 8.36. The van der Waals surface area contributed by atoms with Crippen LogP contribution in [-0.2, 0) is 13.6 Å². The molecule has 0 spiro atoms. The zero-order chi connectivity index (χ0) is 14.9. The summed E-state index contributed by atoms with van der Waals surface area (Å²) >= 11 is 3.69. The Morgan fingerprint density at radius 1 is 1.45 bits per heavy atom. The van der Waals surface area contributed by atoms with Crippen LogP contribution in [0.15, 0.2) is 4.47 Å². The summed E-state index contributed by atoms with van der Waals surface area (Å²) in [6.45, 7) is 12.1. The molecule has 2 unspecified atom stereocenters. The molecule has 1 saturated heterocycles. The average molecular weight is 343 g/mol. The highest BCUT2D eigenvalue weighted by molar-refractivity contribution is 9.10. The van der Waals surface area contributed by atoms with Gasteiger partial charge in [-0.05, 0) is 42.6 Å².